The van der Waals surface area contributed by atoms with Gasteiger partial charge in [0.1, 0.15) is 0 Å². The minimum atomic E-state index is 0.000276. The first-order chi connectivity index (χ1) is 8.74. The van der Waals surface area contributed by atoms with Gasteiger partial charge in [-0.3, -0.25) is 0 Å². The lowest BCUT2D eigenvalue weighted by Gasteiger charge is -2.36. The summed E-state index contributed by atoms with van der Waals surface area (Å²) < 4.78 is 0. The molecule has 2 rings (SSSR count). The van der Waals surface area contributed by atoms with E-state index >= 15 is 0 Å². The minimum absolute atomic E-state index is 0.000276. The quantitative estimate of drug-likeness (QED) is 0.718. The Bertz CT molecular complexity index is 268. The molecule has 0 heterocycles. The van der Waals surface area contributed by atoms with Crippen LogP contribution >= 0.6 is 0 Å². The Hall–Kier alpha value is -0.770. The van der Waals surface area contributed by atoms with E-state index in [0.29, 0.717) is 12.6 Å². The van der Waals surface area contributed by atoms with Crippen molar-refractivity contribution in [2.45, 2.75) is 63.8 Å². The maximum Gasteiger partial charge on any atom is 0.315 e. The van der Waals surface area contributed by atoms with Gasteiger partial charge in [-0.1, -0.05) is 32.1 Å². The van der Waals surface area contributed by atoms with Crippen LogP contribution in [0.3, 0.4) is 0 Å². The van der Waals surface area contributed by atoms with Crippen molar-refractivity contribution in [1.82, 2.24) is 10.6 Å². The van der Waals surface area contributed by atoms with Crippen molar-refractivity contribution in [3.8, 4) is 0 Å². The molecular weight excluding hydrogens is 226 g/mol. The van der Waals surface area contributed by atoms with Crippen LogP contribution in [-0.2, 0) is 0 Å². The second kappa shape index (κ2) is 6.41. The van der Waals surface area contributed by atoms with E-state index < -0.39 is 0 Å². The molecule has 0 bridgehead atoms. The SMILES string of the molecule is NCC1(CNC(=O)NC2CCCC2)CCCCC1. The lowest BCUT2D eigenvalue weighted by molar-refractivity contribution is 0.186. The Kier molecular flexibility index (Phi) is 4.87. The lowest BCUT2D eigenvalue weighted by Crippen LogP contribution is -2.48. The van der Waals surface area contributed by atoms with Crippen LogP contribution in [0, 0.1) is 5.41 Å². The highest BCUT2D eigenvalue weighted by Crippen LogP contribution is 2.34. The van der Waals surface area contributed by atoms with Crippen LogP contribution in [0.25, 0.3) is 0 Å². The smallest absolute Gasteiger partial charge is 0.315 e. The zero-order valence-electron chi connectivity index (χ0n) is 11.3. The number of urea groups is 1. The van der Waals surface area contributed by atoms with Gasteiger partial charge in [-0.05, 0) is 32.2 Å². The molecule has 4 nitrogen and oxygen atoms in total. The number of nitrogens with two attached hydrogens (primary N) is 1. The lowest BCUT2D eigenvalue weighted by atomic mass is 9.74. The molecule has 4 N–H and O–H groups in total. The van der Waals surface area contributed by atoms with Gasteiger partial charge < -0.3 is 16.4 Å². The Morgan fingerprint density at radius 1 is 1.11 bits per heavy atom. The third kappa shape index (κ3) is 3.61. The third-order valence-electron chi connectivity index (χ3n) is 4.66. The average Bonchev–Trinajstić information content (AvgIpc) is 2.90. The first kappa shape index (κ1) is 13.7. The molecule has 0 spiro atoms. The maximum absolute atomic E-state index is 11.8. The highest BCUT2D eigenvalue weighted by atomic mass is 16.2. The van der Waals surface area contributed by atoms with Crippen LogP contribution in [0.5, 0.6) is 0 Å². The average molecular weight is 253 g/mol. The van der Waals surface area contributed by atoms with E-state index in [2.05, 4.69) is 10.6 Å². The fourth-order valence-corrected chi connectivity index (χ4v) is 3.33. The second-order valence-electron chi connectivity index (χ2n) is 6.07. The molecule has 2 aliphatic carbocycles. The summed E-state index contributed by atoms with van der Waals surface area (Å²) in [7, 11) is 0. The van der Waals surface area contributed by atoms with Gasteiger partial charge in [0.25, 0.3) is 0 Å². The van der Waals surface area contributed by atoms with Crippen molar-refractivity contribution in [3.05, 3.63) is 0 Å². The van der Waals surface area contributed by atoms with E-state index in [0.717, 1.165) is 32.2 Å². The van der Waals surface area contributed by atoms with Crippen LogP contribution in [-0.4, -0.2) is 25.2 Å². The van der Waals surface area contributed by atoms with Gasteiger partial charge >= 0.3 is 6.03 Å². The summed E-state index contributed by atoms with van der Waals surface area (Å²) in [6.07, 6.45) is 10.9. The zero-order chi connectivity index (χ0) is 12.8. The summed E-state index contributed by atoms with van der Waals surface area (Å²) >= 11 is 0. The van der Waals surface area contributed by atoms with Gasteiger partial charge in [-0.2, -0.15) is 0 Å². The summed E-state index contributed by atoms with van der Waals surface area (Å²) in [5.74, 6) is 0. The van der Waals surface area contributed by atoms with Gasteiger partial charge in [-0.15, -0.1) is 0 Å². The molecule has 2 saturated carbocycles. The molecule has 2 amide bonds. The number of amides is 2. The second-order valence-corrected chi connectivity index (χ2v) is 6.07. The predicted molar refractivity (Wildman–Crippen MR) is 73.4 cm³/mol. The highest BCUT2D eigenvalue weighted by molar-refractivity contribution is 5.74. The minimum Gasteiger partial charge on any atom is -0.338 e. The van der Waals surface area contributed by atoms with E-state index in [9.17, 15) is 4.79 Å². The zero-order valence-corrected chi connectivity index (χ0v) is 11.3. The molecule has 0 aromatic heterocycles. The summed E-state index contributed by atoms with van der Waals surface area (Å²) in [5.41, 5.74) is 6.07. The van der Waals surface area contributed by atoms with Crippen LogP contribution in [0.4, 0.5) is 4.79 Å². The Morgan fingerprint density at radius 2 is 1.78 bits per heavy atom. The first-order valence-electron chi connectivity index (χ1n) is 7.49. The van der Waals surface area contributed by atoms with Crippen LogP contribution in [0.15, 0.2) is 0 Å². The molecule has 0 aromatic rings. The van der Waals surface area contributed by atoms with Crippen molar-refractivity contribution in [2.24, 2.45) is 11.1 Å². The summed E-state index contributed by atoms with van der Waals surface area (Å²) in [6, 6.07) is 0.394. The fourth-order valence-electron chi connectivity index (χ4n) is 3.33. The molecule has 0 aliphatic heterocycles. The number of hydrogen-bond acceptors (Lipinski definition) is 2. The van der Waals surface area contributed by atoms with Crippen LogP contribution < -0.4 is 16.4 Å². The van der Waals surface area contributed by atoms with Crippen LogP contribution in [0.2, 0.25) is 0 Å². The fraction of sp³-hybridized carbons (Fsp3) is 0.929. The first-order valence-corrected chi connectivity index (χ1v) is 7.49. The Balaban J connectivity index is 1.73. The predicted octanol–water partition coefficient (Wildman–Crippen LogP) is 2.14. The summed E-state index contributed by atoms with van der Waals surface area (Å²) in [5, 5.41) is 6.11. The number of rotatable bonds is 4. The van der Waals surface area contributed by atoms with E-state index in [1.165, 1.54) is 32.1 Å². The molecule has 0 aromatic carbocycles. The van der Waals surface area contributed by atoms with Gasteiger partial charge in [0, 0.05) is 18.0 Å². The van der Waals surface area contributed by atoms with Crippen molar-refractivity contribution < 1.29 is 4.79 Å². The van der Waals surface area contributed by atoms with E-state index in [1.54, 1.807) is 0 Å². The molecule has 18 heavy (non-hydrogen) atoms. The molecule has 0 unspecified atom stereocenters. The molecular formula is C14H27N3O. The van der Waals surface area contributed by atoms with E-state index in [1.807, 2.05) is 0 Å². The van der Waals surface area contributed by atoms with Gasteiger partial charge in [-0.25, -0.2) is 4.79 Å². The maximum atomic E-state index is 11.8. The molecule has 0 saturated heterocycles. The normalized spacial score (nSPS) is 23.8. The Morgan fingerprint density at radius 3 is 2.39 bits per heavy atom. The number of nitrogens with one attached hydrogen (secondary N) is 2. The van der Waals surface area contributed by atoms with Crippen molar-refractivity contribution in [3.63, 3.8) is 0 Å². The molecule has 0 atom stereocenters. The Labute approximate surface area is 110 Å². The largest absolute Gasteiger partial charge is 0.338 e. The summed E-state index contributed by atoms with van der Waals surface area (Å²) in [6.45, 7) is 1.43. The van der Waals surface area contributed by atoms with Gasteiger partial charge in [0.05, 0.1) is 0 Å². The van der Waals surface area contributed by atoms with Crippen molar-refractivity contribution in [1.29, 1.82) is 0 Å². The number of carbonyl (C=O) groups excluding carboxylic acids is 1. The van der Waals surface area contributed by atoms with E-state index in [4.69, 9.17) is 5.73 Å². The molecule has 104 valence electrons. The highest BCUT2D eigenvalue weighted by Gasteiger charge is 2.31. The van der Waals surface area contributed by atoms with Crippen molar-refractivity contribution >= 4 is 6.03 Å². The molecule has 2 aliphatic rings. The van der Waals surface area contributed by atoms with Gasteiger partial charge in [0.2, 0.25) is 0 Å². The third-order valence-corrected chi connectivity index (χ3v) is 4.66. The van der Waals surface area contributed by atoms with Crippen molar-refractivity contribution in [2.75, 3.05) is 13.1 Å². The topological polar surface area (TPSA) is 67.1 Å². The monoisotopic (exact) mass is 253 g/mol. The number of carbonyl (C=O) groups is 1. The molecule has 4 heteroatoms. The molecule has 0 radical (unpaired) electrons. The molecule has 2 fully saturated rings. The number of hydrogen-bond donors (Lipinski definition) is 3. The standard InChI is InChI=1S/C14H27N3O/c15-10-14(8-4-1-5-9-14)11-16-13(18)17-12-6-2-3-7-12/h12H,1-11,15H2,(H2,16,17,18). The van der Waals surface area contributed by atoms with E-state index in [-0.39, 0.29) is 11.4 Å². The van der Waals surface area contributed by atoms with Crippen LogP contribution in [0.1, 0.15) is 57.8 Å². The van der Waals surface area contributed by atoms with Gasteiger partial charge in [0.15, 0.2) is 0 Å². The summed E-state index contributed by atoms with van der Waals surface area (Å²) in [4.78, 5) is 11.8.